The molecule has 0 aliphatic heterocycles. The zero-order chi connectivity index (χ0) is 15.4. The molecule has 0 aliphatic carbocycles. The topological polar surface area (TPSA) is 55.1 Å². The fraction of sp³-hybridized carbons (Fsp3) is 0.529. The first-order valence-electron chi connectivity index (χ1n) is 7.83. The number of para-hydroxylation sites is 1. The van der Waals surface area contributed by atoms with Gasteiger partial charge in [0.25, 0.3) is 0 Å². The minimum absolute atomic E-state index is 0.297. The van der Waals surface area contributed by atoms with Crippen molar-refractivity contribution in [3.8, 4) is 0 Å². The molecule has 0 aliphatic rings. The van der Waals surface area contributed by atoms with Gasteiger partial charge in [-0.1, -0.05) is 32.8 Å². The summed E-state index contributed by atoms with van der Waals surface area (Å²) >= 11 is 0. The lowest BCUT2D eigenvalue weighted by molar-refractivity contribution is 0.0699. The third-order valence-corrected chi connectivity index (χ3v) is 3.91. The lowest BCUT2D eigenvalue weighted by atomic mass is 10.1. The summed E-state index contributed by atoms with van der Waals surface area (Å²) in [6.45, 7) is 6.51. The second-order valence-electron chi connectivity index (χ2n) is 5.62. The molecule has 114 valence electrons. The van der Waals surface area contributed by atoms with Gasteiger partial charge < -0.3 is 9.67 Å². The molecule has 21 heavy (non-hydrogen) atoms. The minimum atomic E-state index is -0.908. The van der Waals surface area contributed by atoms with Crippen LogP contribution in [0.25, 0.3) is 11.0 Å². The maximum Gasteiger partial charge on any atom is 0.337 e. The van der Waals surface area contributed by atoms with Crippen molar-refractivity contribution in [1.29, 1.82) is 0 Å². The van der Waals surface area contributed by atoms with Gasteiger partial charge in [-0.05, 0) is 31.9 Å². The molecule has 1 N–H and O–H groups in total. The number of benzene rings is 1. The summed E-state index contributed by atoms with van der Waals surface area (Å²) in [6, 6.07) is 5.78. The van der Waals surface area contributed by atoms with Crippen LogP contribution in [0.3, 0.4) is 0 Å². The van der Waals surface area contributed by atoms with Crippen molar-refractivity contribution < 1.29 is 9.90 Å². The van der Waals surface area contributed by atoms with E-state index in [1.807, 2.05) is 12.1 Å². The molecular weight excluding hydrogens is 264 g/mol. The molecule has 1 unspecified atom stereocenters. The van der Waals surface area contributed by atoms with Crippen molar-refractivity contribution in [2.24, 2.45) is 0 Å². The Labute approximate surface area is 125 Å². The van der Waals surface area contributed by atoms with E-state index >= 15 is 0 Å². The van der Waals surface area contributed by atoms with Crippen molar-refractivity contribution in [3.05, 3.63) is 29.6 Å². The molecular formula is C17H24N2O2. The summed E-state index contributed by atoms with van der Waals surface area (Å²) in [5.41, 5.74) is 1.87. The van der Waals surface area contributed by atoms with Gasteiger partial charge in [-0.25, -0.2) is 9.78 Å². The number of unbranched alkanes of at least 4 members (excludes halogenated alkanes) is 1. The molecule has 0 amide bonds. The van der Waals surface area contributed by atoms with Crippen LogP contribution in [0.5, 0.6) is 0 Å². The van der Waals surface area contributed by atoms with Crippen LogP contribution in [-0.4, -0.2) is 20.6 Å². The van der Waals surface area contributed by atoms with Gasteiger partial charge in [-0.2, -0.15) is 0 Å². The summed E-state index contributed by atoms with van der Waals surface area (Å²) in [6.07, 6.45) is 5.32. The molecule has 0 spiro atoms. The summed E-state index contributed by atoms with van der Waals surface area (Å²) in [7, 11) is 0. The van der Waals surface area contributed by atoms with E-state index in [0.29, 0.717) is 17.1 Å². The van der Waals surface area contributed by atoms with E-state index in [9.17, 15) is 9.90 Å². The molecule has 0 radical (unpaired) electrons. The third-order valence-electron chi connectivity index (χ3n) is 3.91. The van der Waals surface area contributed by atoms with Crippen LogP contribution in [0, 0.1) is 0 Å². The molecule has 2 rings (SSSR count). The van der Waals surface area contributed by atoms with Crippen LogP contribution in [0.4, 0.5) is 0 Å². The normalized spacial score (nSPS) is 12.7. The zero-order valence-corrected chi connectivity index (χ0v) is 13.1. The lowest BCUT2D eigenvalue weighted by Gasteiger charge is -2.17. The van der Waals surface area contributed by atoms with Crippen LogP contribution in [0.15, 0.2) is 18.2 Å². The van der Waals surface area contributed by atoms with Gasteiger partial charge in [0.2, 0.25) is 0 Å². The Morgan fingerprint density at radius 1 is 1.33 bits per heavy atom. The fourth-order valence-electron chi connectivity index (χ4n) is 2.86. The number of carboxylic acid groups (broad SMARTS) is 1. The van der Waals surface area contributed by atoms with Crippen molar-refractivity contribution in [2.45, 2.75) is 58.9 Å². The average molecular weight is 288 g/mol. The number of carbonyl (C=O) groups is 1. The maximum absolute atomic E-state index is 11.4. The summed E-state index contributed by atoms with van der Waals surface area (Å²) in [5.74, 6) is 0.0966. The third kappa shape index (κ3) is 3.09. The molecule has 4 heteroatoms. The van der Waals surface area contributed by atoms with Crippen LogP contribution >= 0.6 is 0 Å². The second kappa shape index (κ2) is 6.74. The highest BCUT2D eigenvalue weighted by Gasteiger charge is 2.19. The largest absolute Gasteiger partial charge is 0.478 e. The van der Waals surface area contributed by atoms with E-state index in [4.69, 9.17) is 0 Å². The van der Waals surface area contributed by atoms with Gasteiger partial charge in [0.05, 0.1) is 11.1 Å². The van der Waals surface area contributed by atoms with Gasteiger partial charge in [0.15, 0.2) is 0 Å². The van der Waals surface area contributed by atoms with E-state index in [0.717, 1.165) is 30.6 Å². The standard InChI is InChI=1S/C17H24N2O2/c1-4-6-9-12(3)19-14-11-7-10-13(17(20)21)16(14)18-15(19)8-5-2/h7,10-12H,4-6,8-9H2,1-3H3,(H,20,21). The van der Waals surface area contributed by atoms with Gasteiger partial charge >= 0.3 is 5.97 Å². The maximum atomic E-state index is 11.4. The predicted molar refractivity (Wildman–Crippen MR) is 84.9 cm³/mol. The Morgan fingerprint density at radius 2 is 2.10 bits per heavy atom. The summed E-state index contributed by atoms with van der Waals surface area (Å²) < 4.78 is 2.24. The fourth-order valence-corrected chi connectivity index (χ4v) is 2.86. The number of aromatic carboxylic acids is 1. The predicted octanol–water partition coefficient (Wildman–Crippen LogP) is 4.44. The molecule has 1 aromatic heterocycles. The lowest BCUT2D eigenvalue weighted by Crippen LogP contribution is -2.09. The summed E-state index contributed by atoms with van der Waals surface area (Å²) in [4.78, 5) is 16.0. The molecule has 1 heterocycles. The van der Waals surface area contributed by atoms with Crippen LogP contribution in [-0.2, 0) is 6.42 Å². The first-order valence-corrected chi connectivity index (χ1v) is 7.83. The second-order valence-corrected chi connectivity index (χ2v) is 5.62. The van der Waals surface area contributed by atoms with E-state index in [-0.39, 0.29) is 0 Å². The Morgan fingerprint density at radius 3 is 2.71 bits per heavy atom. The van der Waals surface area contributed by atoms with E-state index < -0.39 is 5.97 Å². The van der Waals surface area contributed by atoms with Crippen LogP contribution in [0.2, 0.25) is 0 Å². The van der Waals surface area contributed by atoms with Crippen LogP contribution < -0.4 is 0 Å². The molecule has 4 nitrogen and oxygen atoms in total. The van der Waals surface area contributed by atoms with Gasteiger partial charge in [-0.3, -0.25) is 0 Å². The number of hydrogen-bond donors (Lipinski definition) is 1. The molecule has 0 saturated carbocycles. The van der Waals surface area contributed by atoms with Crippen molar-refractivity contribution in [2.75, 3.05) is 0 Å². The van der Waals surface area contributed by atoms with E-state index in [1.54, 1.807) is 6.07 Å². The van der Waals surface area contributed by atoms with E-state index in [1.165, 1.54) is 12.8 Å². The molecule has 0 fully saturated rings. The number of aromatic nitrogens is 2. The summed E-state index contributed by atoms with van der Waals surface area (Å²) in [5, 5.41) is 9.34. The molecule has 2 aromatic rings. The quantitative estimate of drug-likeness (QED) is 0.819. The van der Waals surface area contributed by atoms with E-state index in [2.05, 4.69) is 30.3 Å². The number of hydrogen-bond acceptors (Lipinski definition) is 2. The SMILES string of the molecule is CCCCC(C)n1c(CCC)nc2c(C(=O)O)cccc21. The van der Waals surface area contributed by atoms with Crippen molar-refractivity contribution in [3.63, 3.8) is 0 Å². The van der Waals surface area contributed by atoms with Gasteiger partial charge in [-0.15, -0.1) is 0 Å². The number of carboxylic acids is 1. The van der Waals surface area contributed by atoms with Crippen LogP contribution in [0.1, 0.15) is 68.7 Å². The highest BCUT2D eigenvalue weighted by molar-refractivity contribution is 6.01. The molecule has 0 saturated heterocycles. The Balaban J connectivity index is 2.57. The molecule has 1 aromatic carbocycles. The van der Waals surface area contributed by atoms with Crippen molar-refractivity contribution in [1.82, 2.24) is 9.55 Å². The Kier molecular flexibility index (Phi) is 4.99. The minimum Gasteiger partial charge on any atom is -0.478 e. The Hall–Kier alpha value is -1.84. The monoisotopic (exact) mass is 288 g/mol. The number of rotatable bonds is 7. The first kappa shape index (κ1) is 15.5. The van der Waals surface area contributed by atoms with Crippen molar-refractivity contribution >= 4 is 17.0 Å². The first-order chi connectivity index (χ1) is 10.1. The number of aryl methyl sites for hydroxylation is 1. The highest BCUT2D eigenvalue weighted by Crippen LogP contribution is 2.27. The molecule has 0 bridgehead atoms. The average Bonchev–Trinajstić information content (AvgIpc) is 2.82. The smallest absolute Gasteiger partial charge is 0.337 e. The number of fused-ring (bicyclic) bond motifs is 1. The number of imidazole rings is 1. The Bertz CT molecular complexity index is 631. The van der Waals surface area contributed by atoms with Gasteiger partial charge in [0.1, 0.15) is 11.3 Å². The number of nitrogens with zero attached hydrogens (tertiary/aromatic N) is 2. The highest BCUT2D eigenvalue weighted by atomic mass is 16.4. The zero-order valence-electron chi connectivity index (χ0n) is 13.1. The van der Waals surface area contributed by atoms with Gasteiger partial charge in [0, 0.05) is 12.5 Å². The molecule has 1 atom stereocenters.